The lowest BCUT2D eigenvalue weighted by molar-refractivity contribution is -0.140. The van der Waals surface area contributed by atoms with Crippen LogP contribution in [0.4, 0.5) is 0 Å². The summed E-state index contributed by atoms with van der Waals surface area (Å²) < 4.78 is 5.24. The van der Waals surface area contributed by atoms with E-state index in [2.05, 4.69) is 5.32 Å². The van der Waals surface area contributed by atoms with Crippen molar-refractivity contribution in [2.75, 3.05) is 19.0 Å². The third-order valence-electron chi connectivity index (χ3n) is 4.43. The number of aliphatic hydroxyl groups excluding tert-OH is 1. The van der Waals surface area contributed by atoms with Crippen LogP contribution in [0.2, 0.25) is 0 Å². The number of esters is 1. The average molecular weight is 390 g/mol. The highest BCUT2D eigenvalue weighted by Gasteiger charge is 2.37. The molecule has 6 heteroatoms. The lowest BCUT2D eigenvalue weighted by Crippen LogP contribution is -2.33. The number of aliphatic hydroxyl groups is 1. The van der Waals surface area contributed by atoms with Gasteiger partial charge in [-0.3, -0.25) is 4.79 Å². The van der Waals surface area contributed by atoms with Gasteiger partial charge in [-0.05, 0) is 24.2 Å². The topological polar surface area (TPSA) is 75.6 Å². The Bertz CT molecular complexity index is 740. The van der Waals surface area contributed by atoms with E-state index >= 15 is 0 Å². The molecule has 0 fully saturated rings. The molecule has 0 saturated heterocycles. The van der Waals surface area contributed by atoms with E-state index in [1.165, 1.54) is 11.8 Å². The van der Waals surface area contributed by atoms with Crippen LogP contribution in [0.15, 0.2) is 47.2 Å². The first-order chi connectivity index (χ1) is 13.1. The normalized spacial score (nSPS) is 17.0. The van der Waals surface area contributed by atoms with Gasteiger partial charge >= 0.3 is 5.97 Å². The van der Waals surface area contributed by atoms with E-state index in [4.69, 9.17) is 9.84 Å². The largest absolute Gasteiger partial charge is 0.460 e. The van der Waals surface area contributed by atoms with Crippen molar-refractivity contribution in [1.29, 1.82) is 0 Å². The van der Waals surface area contributed by atoms with Gasteiger partial charge in [0, 0.05) is 17.2 Å². The second-order valence-electron chi connectivity index (χ2n) is 6.07. The number of carbonyl (C=O) groups excluding carboxylic acids is 2. The fourth-order valence-corrected chi connectivity index (χ4v) is 3.95. The molecule has 1 aromatic carbocycles. The number of benzene rings is 1. The summed E-state index contributed by atoms with van der Waals surface area (Å²) in [5.41, 5.74) is 3.51. The predicted octanol–water partition coefficient (Wildman–Crippen LogP) is 3.51. The number of hydrogen-bond acceptors (Lipinski definition) is 6. The van der Waals surface area contributed by atoms with Crippen LogP contribution in [-0.2, 0) is 14.3 Å². The molecule has 0 bridgehead atoms. The van der Waals surface area contributed by atoms with Crippen molar-refractivity contribution in [2.24, 2.45) is 5.92 Å². The Kier molecular flexibility index (Phi) is 8.13. The fourth-order valence-electron chi connectivity index (χ4n) is 3.27. The summed E-state index contributed by atoms with van der Waals surface area (Å²) in [6.45, 7) is 5.59. The molecule has 1 atom stereocenters. The van der Waals surface area contributed by atoms with Crippen LogP contribution in [0, 0.1) is 5.92 Å². The van der Waals surface area contributed by atoms with Crippen LogP contribution in [0.3, 0.4) is 0 Å². The minimum Gasteiger partial charge on any atom is -0.460 e. The van der Waals surface area contributed by atoms with Crippen molar-refractivity contribution in [3.63, 3.8) is 0 Å². The summed E-state index contributed by atoms with van der Waals surface area (Å²) in [6, 6.07) is 9.58. The monoisotopic (exact) mass is 389 g/mol. The summed E-state index contributed by atoms with van der Waals surface area (Å²) in [5.74, 6) is -0.159. The molecule has 27 heavy (non-hydrogen) atoms. The zero-order valence-corrected chi connectivity index (χ0v) is 16.9. The summed E-state index contributed by atoms with van der Waals surface area (Å²) in [5, 5.41) is 12.4. The van der Waals surface area contributed by atoms with Crippen molar-refractivity contribution >= 4 is 28.5 Å². The predicted molar refractivity (Wildman–Crippen MR) is 109 cm³/mol. The third-order valence-corrected chi connectivity index (χ3v) is 5.20. The van der Waals surface area contributed by atoms with Gasteiger partial charge in [0.15, 0.2) is 0 Å². The van der Waals surface area contributed by atoms with Gasteiger partial charge in [0.05, 0.1) is 17.9 Å². The maximum Gasteiger partial charge on any atom is 0.336 e. The van der Waals surface area contributed by atoms with E-state index in [0.29, 0.717) is 35.4 Å². The maximum atomic E-state index is 12.9. The van der Waals surface area contributed by atoms with E-state index in [1.807, 2.05) is 51.1 Å². The zero-order chi connectivity index (χ0) is 19.8. The van der Waals surface area contributed by atoms with Gasteiger partial charge in [-0.25, -0.2) is 4.79 Å². The lowest BCUT2D eigenvalue weighted by atomic mass is 9.82. The molecule has 146 valence electrons. The fraction of sp³-hybridized carbons (Fsp3) is 0.429. The van der Waals surface area contributed by atoms with Crippen molar-refractivity contribution in [3.8, 4) is 0 Å². The van der Waals surface area contributed by atoms with E-state index in [0.717, 1.165) is 11.3 Å². The molecule has 0 amide bonds. The first kappa shape index (κ1) is 21.3. The highest BCUT2D eigenvalue weighted by molar-refractivity contribution is 8.14. The molecule has 1 aromatic rings. The lowest BCUT2D eigenvalue weighted by Gasteiger charge is -2.32. The Balaban J connectivity index is 2.60. The number of carbonyl (C=O) groups is 2. The number of allylic oxidation sites excluding steroid dienone is 1. The van der Waals surface area contributed by atoms with Gasteiger partial charge in [-0.1, -0.05) is 62.9 Å². The minimum absolute atomic E-state index is 0.00623. The third kappa shape index (κ3) is 4.82. The van der Waals surface area contributed by atoms with Gasteiger partial charge in [0.25, 0.3) is 0 Å². The van der Waals surface area contributed by atoms with Crippen LogP contribution >= 0.6 is 11.8 Å². The molecule has 0 aromatic heterocycles. The molecule has 0 aliphatic carbocycles. The first-order valence-corrected chi connectivity index (χ1v) is 10.3. The summed E-state index contributed by atoms with van der Waals surface area (Å²) >= 11 is 1.25. The van der Waals surface area contributed by atoms with E-state index in [-0.39, 0.29) is 24.2 Å². The maximum absolute atomic E-state index is 12.9. The van der Waals surface area contributed by atoms with Crippen LogP contribution in [0.5, 0.6) is 0 Å². The second-order valence-corrected chi connectivity index (χ2v) is 7.30. The molecule has 1 aliphatic heterocycles. The SMILES string of the molecule is CCSC(=O)C1=C(CC)NC(c2ccccc2)=C(C(=O)OCCO)C1CC. The highest BCUT2D eigenvalue weighted by Crippen LogP contribution is 2.39. The molecule has 1 aliphatic rings. The quantitative estimate of drug-likeness (QED) is 0.663. The molecular weight excluding hydrogens is 362 g/mol. The van der Waals surface area contributed by atoms with E-state index < -0.39 is 5.97 Å². The molecule has 1 unspecified atom stereocenters. The average Bonchev–Trinajstić information content (AvgIpc) is 2.70. The van der Waals surface area contributed by atoms with Crippen molar-refractivity contribution in [2.45, 2.75) is 33.6 Å². The zero-order valence-electron chi connectivity index (χ0n) is 16.1. The van der Waals surface area contributed by atoms with Crippen molar-refractivity contribution in [3.05, 3.63) is 52.7 Å². The molecule has 0 radical (unpaired) electrons. The van der Waals surface area contributed by atoms with Crippen molar-refractivity contribution in [1.82, 2.24) is 5.32 Å². The smallest absolute Gasteiger partial charge is 0.336 e. The minimum atomic E-state index is -0.496. The van der Waals surface area contributed by atoms with Crippen molar-refractivity contribution < 1.29 is 19.4 Å². The first-order valence-electron chi connectivity index (χ1n) is 9.33. The Hall–Kier alpha value is -2.05. The molecule has 2 N–H and O–H groups in total. The highest BCUT2D eigenvalue weighted by atomic mass is 32.2. The molecule has 5 nitrogen and oxygen atoms in total. The Morgan fingerprint density at radius 3 is 2.41 bits per heavy atom. The number of dihydropyridines is 1. The number of thioether (sulfide) groups is 1. The molecule has 0 spiro atoms. The van der Waals surface area contributed by atoms with Crippen LogP contribution in [0.1, 0.15) is 39.2 Å². The summed E-state index contributed by atoms with van der Waals surface area (Å²) in [4.78, 5) is 25.7. The van der Waals surface area contributed by atoms with Crippen LogP contribution in [-0.4, -0.2) is 35.2 Å². The number of rotatable bonds is 8. The van der Waals surface area contributed by atoms with Gasteiger partial charge in [0.1, 0.15) is 6.61 Å². The van der Waals surface area contributed by atoms with Crippen LogP contribution < -0.4 is 5.32 Å². The van der Waals surface area contributed by atoms with E-state index in [9.17, 15) is 9.59 Å². The van der Waals surface area contributed by atoms with Crippen LogP contribution in [0.25, 0.3) is 5.70 Å². The number of ether oxygens (including phenoxy) is 1. The Morgan fingerprint density at radius 2 is 1.85 bits per heavy atom. The molecule has 1 heterocycles. The van der Waals surface area contributed by atoms with Gasteiger partial charge in [0.2, 0.25) is 5.12 Å². The number of hydrogen-bond donors (Lipinski definition) is 2. The standard InChI is InChI=1S/C21H27NO4S/c1-4-15-17(21(25)27-6-3)16(5-2)22-19(14-10-8-7-9-11-14)18(15)20(24)26-13-12-23/h7-11,15,22-23H,4-6,12-13H2,1-3H3. The summed E-state index contributed by atoms with van der Waals surface area (Å²) in [6.07, 6.45) is 1.27. The summed E-state index contributed by atoms with van der Waals surface area (Å²) in [7, 11) is 0. The molecule has 0 saturated carbocycles. The van der Waals surface area contributed by atoms with Gasteiger partial charge in [-0.15, -0.1) is 0 Å². The molecular formula is C21H27NO4S. The van der Waals surface area contributed by atoms with Gasteiger partial charge in [-0.2, -0.15) is 0 Å². The number of nitrogens with one attached hydrogen (secondary N) is 1. The van der Waals surface area contributed by atoms with Gasteiger partial charge < -0.3 is 15.2 Å². The Labute approximate surface area is 164 Å². The second kappa shape index (κ2) is 10.3. The molecule has 2 rings (SSSR count). The van der Waals surface area contributed by atoms with E-state index in [1.54, 1.807) is 0 Å². The Morgan fingerprint density at radius 1 is 1.15 bits per heavy atom.